The van der Waals surface area contributed by atoms with E-state index >= 15 is 0 Å². The number of hydrogen-bond donors (Lipinski definition) is 0. The monoisotopic (exact) mass is 245 g/mol. The summed E-state index contributed by atoms with van der Waals surface area (Å²) in [5, 5.41) is 6.36. The zero-order chi connectivity index (χ0) is 10.7. The van der Waals surface area contributed by atoms with E-state index in [0.29, 0.717) is 11.4 Å². The Hall–Kier alpha value is -0.190. The molecule has 0 saturated heterocycles. The summed E-state index contributed by atoms with van der Waals surface area (Å²) in [5.41, 5.74) is 1.05. The van der Waals surface area contributed by atoms with E-state index in [9.17, 15) is 0 Å². The van der Waals surface area contributed by atoms with Crippen molar-refractivity contribution in [1.29, 1.82) is 0 Å². The van der Waals surface area contributed by atoms with Crippen molar-refractivity contribution in [2.24, 2.45) is 0 Å². The Morgan fingerprint density at radius 1 is 1.53 bits per heavy atom. The van der Waals surface area contributed by atoms with Crippen molar-refractivity contribution in [2.45, 2.75) is 43.6 Å². The van der Waals surface area contributed by atoms with Crippen LogP contribution in [-0.2, 0) is 6.54 Å². The molecule has 1 aliphatic carbocycles. The van der Waals surface area contributed by atoms with Crippen LogP contribution >= 0.6 is 23.1 Å². The van der Waals surface area contributed by atoms with Gasteiger partial charge in [-0.15, -0.1) is 16.7 Å². The first-order valence-corrected chi connectivity index (χ1v) is 6.65. The zero-order valence-electron chi connectivity index (χ0n) is 8.90. The third-order valence-corrected chi connectivity index (χ3v) is 4.09. The van der Waals surface area contributed by atoms with Gasteiger partial charge in [0.1, 0.15) is 0 Å². The summed E-state index contributed by atoms with van der Waals surface area (Å²) in [7, 11) is 2.13. The molecule has 0 bridgehead atoms. The second-order valence-electron chi connectivity index (χ2n) is 4.18. The van der Waals surface area contributed by atoms with Crippen LogP contribution in [0.1, 0.15) is 31.4 Å². The topological polar surface area (TPSA) is 29.0 Å². The lowest BCUT2D eigenvalue weighted by Gasteiger charge is -2.34. The summed E-state index contributed by atoms with van der Waals surface area (Å²) in [5.74, 6) is 0. The smallest absolute Gasteiger partial charge is 0.0895 e. The fourth-order valence-corrected chi connectivity index (χ4v) is 3.10. The Bertz CT molecular complexity index is 291. The van der Waals surface area contributed by atoms with E-state index in [4.69, 9.17) is 11.6 Å². The second kappa shape index (κ2) is 5.23. The molecule has 1 fully saturated rings. The number of halogens is 1. The van der Waals surface area contributed by atoms with Crippen LogP contribution < -0.4 is 0 Å². The molecule has 2 unspecified atom stereocenters. The molecule has 1 saturated carbocycles. The van der Waals surface area contributed by atoms with Gasteiger partial charge in [0, 0.05) is 23.3 Å². The van der Waals surface area contributed by atoms with Gasteiger partial charge in [-0.3, -0.25) is 4.90 Å². The minimum atomic E-state index is 0.301. The van der Waals surface area contributed by atoms with Gasteiger partial charge < -0.3 is 0 Å². The summed E-state index contributed by atoms with van der Waals surface area (Å²) in [4.78, 5) is 2.31. The molecule has 15 heavy (non-hydrogen) atoms. The van der Waals surface area contributed by atoms with E-state index in [2.05, 4.69) is 21.5 Å². The lowest BCUT2D eigenvalue weighted by molar-refractivity contribution is 0.186. The molecule has 2 atom stereocenters. The highest BCUT2D eigenvalue weighted by Gasteiger charge is 2.26. The number of nitrogens with zero attached hydrogens (tertiary/aromatic N) is 3. The Morgan fingerprint density at radius 2 is 2.33 bits per heavy atom. The SMILES string of the molecule is CN(Cc1csnn1)C1CCCCC1Cl. The molecule has 84 valence electrons. The van der Waals surface area contributed by atoms with E-state index in [0.717, 1.165) is 18.7 Å². The van der Waals surface area contributed by atoms with E-state index in [1.807, 2.05) is 5.38 Å². The fourth-order valence-electron chi connectivity index (χ4n) is 2.19. The summed E-state index contributed by atoms with van der Waals surface area (Å²) < 4.78 is 3.87. The van der Waals surface area contributed by atoms with Gasteiger partial charge in [-0.2, -0.15) is 0 Å². The molecule has 0 aliphatic heterocycles. The molecule has 1 aliphatic rings. The maximum Gasteiger partial charge on any atom is 0.0895 e. The third-order valence-electron chi connectivity index (χ3n) is 3.03. The van der Waals surface area contributed by atoms with Crippen LogP contribution in [0.15, 0.2) is 5.38 Å². The first-order chi connectivity index (χ1) is 7.27. The normalized spacial score (nSPS) is 27.1. The highest BCUT2D eigenvalue weighted by molar-refractivity contribution is 7.03. The van der Waals surface area contributed by atoms with Crippen molar-refractivity contribution in [3.63, 3.8) is 0 Å². The van der Waals surface area contributed by atoms with Crippen molar-refractivity contribution in [1.82, 2.24) is 14.5 Å². The van der Waals surface area contributed by atoms with Crippen molar-refractivity contribution in [3.05, 3.63) is 11.1 Å². The maximum absolute atomic E-state index is 6.34. The lowest BCUT2D eigenvalue weighted by atomic mass is 9.94. The van der Waals surface area contributed by atoms with Crippen LogP contribution in [0.25, 0.3) is 0 Å². The summed E-state index contributed by atoms with van der Waals surface area (Å²) in [6.07, 6.45) is 4.93. The van der Waals surface area contributed by atoms with Crippen LogP contribution in [0.2, 0.25) is 0 Å². The minimum Gasteiger partial charge on any atom is -0.296 e. The van der Waals surface area contributed by atoms with Gasteiger partial charge in [-0.25, -0.2) is 0 Å². The summed E-state index contributed by atoms with van der Waals surface area (Å²) >= 11 is 7.75. The molecule has 0 amide bonds. The lowest BCUT2D eigenvalue weighted by Crippen LogP contribution is -2.40. The van der Waals surface area contributed by atoms with Crippen molar-refractivity contribution >= 4 is 23.1 Å². The first-order valence-electron chi connectivity index (χ1n) is 5.37. The Balaban J connectivity index is 1.91. The summed E-state index contributed by atoms with van der Waals surface area (Å²) in [6, 6.07) is 0.502. The molecule has 0 N–H and O–H groups in total. The van der Waals surface area contributed by atoms with E-state index in [-0.39, 0.29) is 0 Å². The first kappa shape index (κ1) is 11.3. The molecule has 2 rings (SSSR count). The standard InChI is InChI=1S/C10H16ClN3S/c1-14(6-8-7-15-13-12-8)10-5-3-2-4-9(10)11/h7,9-10H,2-6H2,1H3. The summed E-state index contributed by atoms with van der Waals surface area (Å²) in [6.45, 7) is 0.865. The number of aromatic nitrogens is 2. The molecule has 1 aromatic heterocycles. The van der Waals surface area contributed by atoms with Crippen LogP contribution in [0.4, 0.5) is 0 Å². The highest BCUT2D eigenvalue weighted by atomic mass is 35.5. The molecule has 3 nitrogen and oxygen atoms in total. The predicted octanol–water partition coefficient (Wildman–Crippen LogP) is 2.52. The van der Waals surface area contributed by atoms with Gasteiger partial charge in [-0.05, 0) is 31.4 Å². The quantitative estimate of drug-likeness (QED) is 0.767. The molecular weight excluding hydrogens is 230 g/mol. The maximum atomic E-state index is 6.34. The number of rotatable bonds is 3. The van der Waals surface area contributed by atoms with E-state index < -0.39 is 0 Å². The molecule has 1 heterocycles. The van der Waals surface area contributed by atoms with Gasteiger partial charge in [-0.1, -0.05) is 17.3 Å². The van der Waals surface area contributed by atoms with Crippen LogP contribution in [0.5, 0.6) is 0 Å². The van der Waals surface area contributed by atoms with Crippen molar-refractivity contribution in [3.8, 4) is 0 Å². The second-order valence-corrected chi connectivity index (χ2v) is 5.35. The molecule has 1 aromatic rings. The average molecular weight is 246 g/mol. The van der Waals surface area contributed by atoms with Gasteiger partial charge >= 0.3 is 0 Å². The molecular formula is C10H16ClN3S. The van der Waals surface area contributed by atoms with Crippen molar-refractivity contribution in [2.75, 3.05) is 7.05 Å². The fraction of sp³-hybridized carbons (Fsp3) is 0.800. The van der Waals surface area contributed by atoms with E-state index in [1.165, 1.54) is 30.8 Å². The molecule has 0 spiro atoms. The highest BCUT2D eigenvalue weighted by Crippen LogP contribution is 2.27. The third kappa shape index (κ3) is 2.89. The predicted molar refractivity (Wildman–Crippen MR) is 63.3 cm³/mol. The van der Waals surface area contributed by atoms with Crippen LogP contribution in [-0.4, -0.2) is 33.0 Å². The molecule has 0 radical (unpaired) electrons. The Kier molecular flexibility index (Phi) is 3.94. The number of alkyl halides is 1. The van der Waals surface area contributed by atoms with Gasteiger partial charge in [0.2, 0.25) is 0 Å². The molecule has 0 aromatic carbocycles. The average Bonchev–Trinajstić information content (AvgIpc) is 2.71. The van der Waals surface area contributed by atoms with Gasteiger partial charge in [0.25, 0.3) is 0 Å². The van der Waals surface area contributed by atoms with Crippen molar-refractivity contribution < 1.29 is 0 Å². The van der Waals surface area contributed by atoms with Crippen LogP contribution in [0, 0.1) is 0 Å². The minimum absolute atomic E-state index is 0.301. The van der Waals surface area contributed by atoms with Crippen LogP contribution in [0.3, 0.4) is 0 Å². The van der Waals surface area contributed by atoms with Gasteiger partial charge in [0.05, 0.1) is 5.69 Å². The zero-order valence-corrected chi connectivity index (χ0v) is 10.5. The van der Waals surface area contributed by atoms with E-state index in [1.54, 1.807) is 0 Å². The largest absolute Gasteiger partial charge is 0.296 e. The molecule has 5 heteroatoms. The Morgan fingerprint density at radius 3 is 3.00 bits per heavy atom. The Labute approximate surface area is 99.6 Å². The van der Waals surface area contributed by atoms with Gasteiger partial charge in [0.15, 0.2) is 0 Å². The number of hydrogen-bond acceptors (Lipinski definition) is 4.